The van der Waals surface area contributed by atoms with Gasteiger partial charge >= 0.3 is 0 Å². The van der Waals surface area contributed by atoms with E-state index in [1.54, 1.807) is 28.1 Å². The lowest BCUT2D eigenvalue weighted by Crippen LogP contribution is -2.32. The molecule has 2 heterocycles. The van der Waals surface area contributed by atoms with E-state index in [-0.39, 0.29) is 17.9 Å². The molecule has 2 aromatic rings. The minimum Gasteiger partial charge on any atom is -0.493 e. The molecule has 0 aliphatic carbocycles. The molecule has 3 rings (SSSR count). The molecule has 1 aromatic carbocycles. The molecule has 1 unspecified atom stereocenters. The Bertz CT molecular complexity index is 922. The molecule has 1 aromatic heterocycles. The number of ether oxygens (including phenoxy) is 2. The number of aromatic amines is 1. The summed E-state index contributed by atoms with van der Waals surface area (Å²) in [7, 11) is 3.25. The van der Waals surface area contributed by atoms with Gasteiger partial charge < -0.3 is 19.4 Å². The lowest BCUT2D eigenvalue weighted by molar-refractivity contribution is -0.129. The van der Waals surface area contributed by atoms with Crippen LogP contribution in [0.1, 0.15) is 29.1 Å². The van der Waals surface area contributed by atoms with E-state index < -0.39 is 0 Å². The molecule has 7 nitrogen and oxygen atoms in total. The molecule has 1 fully saturated rings. The zero-order chi connectivity index (χ0) is 20.3. The second kappa shape index (κ2) is 8.46. The topological polar surface area (TPSA) is 84.5 Å². The van der Waals surface area contributed by atoms with Gasteiger partial charge in [-0.15, -0.1) is 0 Å². The highest BCUT2D eigenvalue weighted by Gasteiger charge is 2.27. The summed E-state index contributed by atoms with van der Waals surface area (Å²) in [4.78, 5) is 33.6. The molecule has 150 valence electrons. The molecular formula is C21H27N3O4. The van der Waals surface area contributed by atoms with Gasteiger partial charge in [0.25, 0.3) is 5.56 Å². The number of hydrogen-bond acceptors (Lipinski definition) is 5. The zero-order valence-corrected chi connectivity index (χ0v) is 16.9. The van der Waals surface area contributed by atoms with Crippen LogP contribution in [0.15, 0.2) is 23.0 Å². The van der Waals surface area contributed by atoms with Gasteiger partial charge in [0, 0.05) is 24.3 Å². The summed E-state index contributed by atoms with van der Waals surface area (Å²) in [6, 6.07) is 5.93. The molecule has 0 spiro atoms. The molecule has 1 aliphatic heterocycles. The molecule has 0 radical (unpaired) electrons. The maximum Gasteiger partial charge on any atom is 0.254 e. The Balaban J connectivity index is 1.62. The number of likely N-dealkylation sites (tertiary alicyclic amines) is 1. The third-order valence-electron chi connectivity index (χ3n) is 5.28. The summed E-state index contributed by atoms with van der Waals surface area (Å²) in [5.74, 6) is 2.36. The lowest BCUT2D eigenvalue weighted by atomic mass is 9.98. The third kappa shape index (κ3) is 4.35. The SMILES string of the molecule is COc1ccc(CC2CCN(C(=O)Cc3c(C)nc(C)[nH]c3=O)C2)cc1OC. The number of H-pyrrole nitrogens is 1. The first kappa shape index (κ1) is 19.9. The van der Waals surface area contributed by atoms with Crippen LogP contribution in [0.3, 0.4) is 0 Å². The van der Waals surface area contributed by atoms with Gasteiger partial charge in [-0.1, -0.05) is 6.07 Å². The monoisotopic (exact) mass is 385 g/mol. The predicted molar refractivity (Wildman–Crippen MR) is 106 cm³/mol. The summed E-state index contributed by atoms with van der Waals surface area (Å²) >= 11 is 0. The molecule has 1 saturated heterocycles. The average Bonchev–Trinajstić information content (AvgIpc) is 3.13. The minimum absolute atomic E-state index is 0.0194. The first-order chi connectivity index (χ1) is 13.4. The number of rotatable bonds is 6. The number of aryl methyl sites for hydroxylation is 2. The van der Waals surface area contributed by atoms with E-state index in [1.807, 2.05) is 23.1 Å². The summed E-state index contributed by atoms with van der Waals surface area (Å²) < 4.78 is 10.7. The van der Waals surface area contributed by atoms with Crippen molar-refractivity contribution in [3.05, 3.63) is 51.2 Å². The van der Waals surface area contributed by atoms with Gasteiger partial charge in [-0.3, -0.25) is 9.59 Å². The number of nitrogens with zero attached hydrogens (tertiary/aromatic N) is 2. The van der Waals surface area contributed by atoms with E-state index in [0.29, 0.717) is 47.6 Å². The Morgan fingerprint density at radius 2 is 2.00 bits per heavy atom. The first-order valence-electron chi connectivity index (χ1n) is 9.46. The normalized spacial score (nSPS) is 16.3. The van der Waals surface area contributed by atoms with E-state index in [1.165, 1.54) is 0 Å². The van der Waals surface area contributed by atoms with Gasteiger partial charge in [-0.25, -0.2) is 4.98 Å². The average molecular weight is 385 g/mol. The largest absolute Gasteiger partial charge is 0.493 e. The van der Waals surface area contributed by atoms with Crippen LogP contribution < -0.4 is 15.0 Å². The summed E-state index contributed by atoms with van der Waals surface area (Å²) in [6.07, 6.45) is 1.91. The summed E-state index contributed by atoms with van der Waals surface area (Å²) in [6.45, 7) is 4.92. The van der Waals surface area contributed by atoms with Crippen molar-refractivity contribution >= 4 is 5.91 Å². The molecule has 28 heavy (non-hydrogen) atoms. The van der Waals surface area contributed by atoms with Crippen molar-refractivity contribution in [2.75, 3.05) is 27.3 Å². The van der Waals surface area contributed by atoms with Crippen LogP contribution in [0.25, 0.3) is 0 Å². The Morgan fingerprint density at radius 3 is 2.68 bits per heavy atom. The Morgan fingerprint density at radius 1 is 1.25 bits per heavy atom. The van der Waals surface area contributed by atoms with E-state index in [2.05, 4.69) is 9.97 Å². The van der Waals surface area contributed by atoms with E-state index >= 15 is 0 Å². The van der Waals surface area contributed by atoms with Crippen molar-refractivity contribution < 1.29 is 14.3 Å². The van der Waals surface area contributed by atoms with E-state index in [9.17, 15) is 9.59 Å². The van der Waals surface area contributed by atoms with Crippen LogP contribution in [-0.2, 0) is 17.6 Å². The van der Waals surface area contributed by atoms with E-state index in [4.69, 9.17) is 9.47 Å². The number of benzene rings is 1. The van der Waals surface area contributed by atoms with Crippen molar-refractivity contribution in [2.24, 2.45) is 5.92 Å². The number of nitrogens with one attached hydrogen (secondary N) is 1. The van der Waals surface area contributed by atoms with Crippen LogP contribution in [0.4, 0.5) is 0 Å². The van der Waals surface area contributed by atoms with Crippen molar-refractivity contribution in [2.45, 2.75) is 33.1 Å². The molecule has 0 bridgehead atoms. The van der Waals surface area contributed by atoms with Gasteiger partial charge in [0.05, 0.1) is 20.6 Å². The number of carbonyl (C=O) groups is 1. The highest BCUT2D eigenvalue weighted by Crippen LogP contribution is 2.30. The molecule has 1 N–H and O–H groups in total. The van der Waals surface area contributed by atoms with Gasteiger partial charge in [0.2, 0.25) is 5.91 Å². The fourth-order valence-corrected chi connectivity index (χ4v) is 3.79. The number of amides is 1. The number of methoxy groups -OCH3 is 2. The fraction of sp³-hybridized carbons (Fsp3) is 0.476. The van der Waals surface area contributed by atoms with Crippen LogP contribution in [0, 0.1) is 19.8 Å². The predicted octanol–water partition coefficient (Wildman–Crippen LogP) is 2.04. The van der Waals surface area contributed by atoms with E-state index in [0.717, 1.165) is 18.4 Å². The maximum atomic E-state index is 12.7. The van der Waals surface area contributed by atoms with Gasteiger partial charge in [-0.05, 0) is 50.3 Å². The van der Waals surface area contributed by atoms with Crippen LogP contribution in [0.5, 0.6) is 11.5 Å². The second-order valence-electron chi connectivity index (χ2n) is 7.28. The highest BCUT2D eigenvalue weighted by molar-refractivity contribution is 5.79. The summed E-state index contributed by atoms with van der Waals surface area (Å²) in [5, 5.41) is 0. The molecule has 7 heteroatoms. The third-order valence-corrected chi connectivity index (χ3v) is 5.28. The number of hydrogen-bond donors (Lipinski definition) is 1. The van der Waals surface area contributed by atoms with Crippen molar-refractivity contribution in [1.29, 1.82) is 0 Å². The Kier molecular flexibility index (Phi) is 6.02. The smallest absolute Gasteiger partial charge is 0.254 e. The number of carbonyl (C=O) groups excluding carboxylic acids is 1. The first-order valence-corrected chi connectivity index (χ1v) is 9.46. The minimum atomic E-state index is -0.223. The Hall–Kier alpha value is -2.83. The van der Waals surface area contributed by atoms with Crippen molar-refractivity contribution in [3.63, 3.8) is 0 Å². The molecular weight excluding hydrogens is 358 g/mol. The van der Waals surface area contributed by atoms with Crippen molar-refractivity contribution in [3.8, 4) is 11.5 Å². The van der Waals surface area contributed by atoms with Gasteiger partial charge in [0.15, 0.2) is 11.5 Å². The fourth-order valence-electron chi connectivity index (χ4n) is 3.79. The van der Waals surface area contributed by atoms with Crippen LogP contribution in [-0.4, -0.2) is 48.1 Å². The quantitative estimate of drug-likeness (QED) is 0.823. The highest BCUT2D eigenvalue weighted by atomic mass is 16.5. The Labute approximate surface area is 164 Å². The second-order valence-corrected chi connectivity index (χ2v) is 7.28. The molecule has 1 aliphatic rings. The lowest BCUT2D eigenvalue weighted by Gasteiger charge is -2.17. The van der Waals surface area contributed by atoms with Crippen molar-refractivity contribution in [1.82, 2.24) is 14.9 Å². The number of aromatic nitrogens is 2. The molecule has 1 amide bonds. The molecule has 1 atom stereocenters. The molecule has 0 saturated carbocycles. The summed E-state index contributed by atoms with van der Waals surface area (Å²) in [5.41, 5.74) is 2.01. The van der Waals surface area contributed by atoms with Crippen LogP contribution >= 0.6 is 0 Å². The van der Waals surface area contributed by atoms with Gasteiger partial charge in [0.1, 0.15) is 5.82 Å². The zero-order valence-electron chi connectivity index (χ0n) is 16.9. The van der Waals surface area contributed by atoms with Crippen LogP contribution in [0.2, 0.25) is 0 Å². The standard InChI is InChI=1S/C21H27N3O4/c1-13-17(21(26)23-14(2)22-13)11-20(25)24-8-7-16(12-24)9-15-5-6-18(27-3)19(10-15)28-4/h5-6,10,16H,7-9,11-12H2,1-4H3,(H,22,23,26). The maximum absolute atomic E-state index is 12.7. The van der Waals surface area contributed by atoms with Gasteiger partial charge in [-0.2, -0.15) is 0 Å².